The third-order valence-corrected chi connectivity index (χ3v) is 4.87. The molecule has 4 heteroatoms. The number of hydrogen-bond donors (Lipinski definition) is 0. The standard InChI is InChI=1S/C9H16N2O.C6H13N/c1-10-4-2-9(6-10)3-5-11(7-9)8-12;1-6(2)7-4-3-5-7/h8H,2-7H2,1H3;6H,3-5H2,1-2H3. The van der Waals surface area contributed by atoms with Crippen LogP contribution in [-0.4, -0.2) is 73.5 Å². The smallest absolute Gasteiger partial charge is 0.209 e. The molecule has 3 rings (SSSR count). The predicted octanol–water partition coefficient (Wildman–Crippen LogP) is 1.27. The Balaban J connectivity index is 0.000000163. The molecule has 1 spiro atoms. The highest BCUT2D eigenvalue weighted by molar-refractivity contribution is 5.48. The van der Waals surface area contributed by atoms with Crippen LogP contribution in [0.3, 0.4) is 0 Å². The van der Waals surface area contributed by atoms with Crippen molar-refractivity contribution in [3.05, 3.63) is 0 Å². The van der Waals surface area contributed by atoms with Crippen LogP contribution >= 0.6 is 0 Å². The first-order valence-electron chi connectivity index (χ1n) is 7.67. The number of likely N-dealkylation sites (tertiary alicyclic amines) is 3. The zero-order chi connectivity index (χ0) is 13.9. The molecule has 3 aliphatic heterocycles. The Morgan fingerprint density at radius 3 is 2.05 bits per heavy atom. The van der Waals surface area contributed by atoms with E-state index in [0.717, 1.165) is 25.5 Å². The van der Waals surface area contributed by atoms with Crippen LogP contribution in [0.2, 0.25) is 0 Å². The van der Waals surface area contributed by atoms with Crippen LogP contribution < -0.4 is 0 Å². The largest absolute Gasteiger partial charge is 0.345 e. The maximum absolute atomic E-state index is 10.5. The quantitative estimate of drug-likeness (QED) is 0.705. The molecule has 19 heavy (non-hydrogen) atoms. The SMILES string of the molecule is CC(C)N1CCC1.CN1CCC2(CCN(C=O)C2)C1. The Morgan fingerprint density at radius 1 is 1.05 bits per heavy atom. The highest BCUT2D eigenvalue weighted by atomic mass is 16.1. The summed E-state index contributed by atoms with van der Waals surface area (Å²) in [6, 6.07) is 0.786. The van der Waals surface area contributed by atoms with E-state index < -0.39 is 0 Å². The monoisotopic (exact) mass is 267 g/mol. The highest BCUT2D eigenvalue weighted by Gasteiger charge is 2.41. The molecule has 0 aromatic rings. The van der Waals surface area contributed by atoms with Gasteiger partial charge in [-0.2, -0.15) is 0 Å². The summed E-state index contributed by atoms with van der Waals surface area (Å²) in [5, 5.41) is 0. The number of hydrogen-bond acceptors (Lipinski definition) is 3. The van der Waals surface area contributed by atoms with Crippen molar-refractivity contribution in [3.63, 3.8) is 0 Å². The lowest BCUT2D eigenvalue weighted by molar-refractivity contribution is -0.117. The fourth-order valence-corrected chi connectivity index (χ4v) is 3.41. The van der Waals surface area contributed by atoms with Gasteiger partial charge in [0.15, 0.2) is 0 Å². The minimum absolute atomic E-state index is 0.454. The lowest BCUT2D eigenvalue weighted by Crippen LogP contribution is -2.41. The molecule has 0 N–H and O–H groups in total. The van der Waals surface area contributed by atoms with Crippen LogP contribution in [0.25, 0.3) is 0 Å². The second-order valence-electron chi connectivity index (χ2n) is 6.80. The first-order valence-corrected chi connectivity index (χ1v) is 7.67. The van der Waals surface area contributed by atoms with Crippen LogP contribution in [0.4, 0.5) is 0 Å². The topological polar surface area (TPSA) is 26.8 Å². The molecule has 3 aliphatic rings. The molecule has 3 saturated heterocycles. The zero-order valence-corrected chi connectivity index (χ0v) is 12.8. The van der Waals surface area contributed by atoms with E-state index in [4.69, 9.17) is 0 Å². The van der Waals surface area contributed by atoms with E-state index in [0.29, 0.717) is 5.41 Å². The van der Waals surface area contributed by atoms with Gasteiger partial charge in [-0.15, -0.1) is 0 Å². The van der Waals surface area contributed by atoms with Gasteiger partial charge in [-0.3, -0.25) is 4.79 Å². The van der Waals surface area contributed by atoms with E-state index in [2.05, 4.69) is 30.7 Å². The first-order chi connectivity index (χ1) is 9.04. The van der Waals surface area contributed by atoms with Crippen molar-refractivity contribution in [2.75, 3.05) is 46.3 Å². The van der Waals surface area contributed by atoms with Crippen molar-refractivity contribution in [1.29, 1.82) is 0 Å². The van der Waals surface area contributed by atoms with Gasteiger partial charge in [0.05, 0.1) is 0 Å². The Morgan fingerprint density at radius 2 is 1.74 bits per heavy atom. The second-order valence-corrected chi connectivity index (χ2v) is 6.80. The lowest BCUT2D eigenvalue weighted by Gasteiger charge is -2.34. The van der Waals surface area contributed by atoms with Gasteiger partial charge in [0.25, 0.3) is 0 Å². The minimum atomic E-state index is 0.454. The summed E-state index contributed by atoms with van der Waals surface area (Å²) in [5.41, 5.74) is 0.454. The molecule has 3 fully saturated rings. The van der Waals surface area contributed by atoms with E-state index in [1.807, 2.05) is 4.90 Å². The van der Waals surface area contributed by atoms with Crippen LogP contribution in [0.1, 0.15) is 33.1 Å². The van der Waals surface area contributed by atoms with E-state index in [-0.39, 0.29) is 0 Å². The normalized spacial score (nSPS) is 31.5. The fraction of sp³-hybridized carbons (Fsp3) is 0.933. The van der Waals surface area contributed by atoms with E-state index in [1.165, 1.54) is 45.4 Å². The molecular weight excluding hydrogens is 238 g/mol. The summed E-state index contributed by atoms with van der Waals surface area (Å²) >= 11 is 0. The van der Waals surface area contributed by atoms with Crippen LogP contribution in [0, 0.1) is 5.41 Å². The van der Waals surface area contributed by atoms with E-state index in [1.54, 1.807) is 0 Å². The van der Waals surface area contributed by atoms with Crippen LogP contribution in [-0.2, 0) is 4.79 Å². The van der Waals surface area contributed by atoms with Gasteiger partial charge in [0, 0.05) is 31.1 Å². The molecule has 110 valence electrons. The fourth-order valence-electron chi connectivity index (χ4n) is 3.41. The Hall–Kier alpha value is -0.610. The predicted molar refractivity (Wildman–Crippen MR) is 78.1 cm³/mol. The van der Waals surface area contributed by atoms with Gasteiger partial charge in [-0.05, 0) is 59.8 Å². The summed E-state index contributed by atoms with van der Waals surface area (Å²) < 4.78 is 0. The summed E-state index contributed by atoms with van der Waals surface area (Å²) in [6.45, 7) is 11.5. The van der Waals surface area contributed by atoms with Crippen molar-refractivity contribution >= 4 is 6.41 Å². The van der Waals surface area contributed by atoms with Crippen LogP contribution in [0.15, 0.2) is 0 Å². The summed E-state index contributed by atoms with van der Waals surface area (Å²) in [6.07, 6.45) is 4.88. The third-order valence-electron chi connectivity index (χ3n) is 4.87. The van der Waals surface area contributed by atoms with Gasteiger partial charge in [-0.1, -0.05) is 0 Å². The number of nitrogens with zero attached hydrogens (tertiary/aromatic N) is 3. The molecule has 0 radical (unpaired) electrons. The molecule has 1 unspecified atom stereocenters. The molecule has 3 heterocycles. The van der Waals surface area contributed by atoms with Crippen molar-refractivity contribution in [2.24, 2.45) is 5.41 Å². The molecular formula is C15H29N3O. The lowest BCUT2D eigenvalue weighted by atomic mass is 9.86. The average molecular weight is 267 g/mol. The van der Waals surface area contributed by atoms with Gasteiger partial charge in [-0.25, -0.2) is 0 Å². The molecule has 1 amide bonds. The van der Waals surface area contributed by atoms with Crippen LogP contribution in [0.5, 0.6) is 0 Å². The number of carbonyl (C=O) groups excluding carboxylic acids is 1. The average Bonchev–Trinajstić information content (AvgIpc) is 2.84. The van der Waals surface area contributed by atoms with E-state index in [9.17, 15) is 4.79 Å². The molecule has 0 aromatic heterocycles. The van der Waals surface area contributed by atoms with Crippen molar-refractivity contribution in [1.82, 2.24) is 14.7 Å². The maximum atomic E-state index is 10.5. The Labute approximate surface area is 117 Å². The van der Waals surface area contributed by atoms with Crippen molar-refractivity contribution in [2.45, 2.75) is 39.2 Å². The third kappa shape index (κ3) is 3.69. The van der Waals surface area contributed by atoms with Crippen molar-refractivity contribution < 1.29 is 4.79 Å². The zero-order valence-electron chi connectivity index (χ0n) is 12.8. The molecule has 0 saturated carbocycles. The molecule has 0 bridgehead atoms. The number of carbonyl (C=O) groups is 1. The van der Waals surface area contributed by atoms with Gasteiger partial charge < -0.3 is 14.7 Å². The molecule has 1 atom stereocenters. The molecule has 0 aliphatic carbocycles. The molecule has 0 aromatic carbocycles. The second kappa shape index (κ2) is 6.23. The van der Waals surface area contributed by atoms with Gasteiger partial charge in [0.2, 0.25) is 6.41 Å². The van der Waals surface area contributed by atoms with Gasteiger partial charge in [0.1, 0.15) is 0 Å². The summed E-state index contributed by atoms with van der Waals surface area (Å²) in [7, 11) is 2.16. The molecule has 4 nitrogen and oxygen atoms in total. The number of amides is 1. The highest BCUT2D eigenvalue weighted by Crippen LogP contribution is 2.38. The van der Waals surface area contributed by atoms with Gasteiger partial charge >= 0.3 is 0 Å². The Kier molecular flexibility index (Phi) is 4.85. The summed E-state index contributed by atoms with van der Waals surface area (Å²) in [4.78, 5) is 17.3. The first kappa shape index (κ1) is 14.8. The minimum Gasteiger partial charge on any atom is -0.345 e. The van der Waals surface area contributed by atoms with E-state index >= 15 is 0 Å². The van der Waals surface area contributed by atoms with Crippen molar-refractivity contribution in [3.8, 4) is 0 Å². The number of rotatable bonds is 2. The Bertz CT molecular complexity index is 304. The maximum Gasteiger partial charge on any atom is 0.209 e. The summed E-state index contributed by atoms with van der Waals surface area (Å²) in [5.74, 6) is 0.